The fourth-order valence-electron chi connectivity index (χ4n) is 2.26. The van der Waals surface area contributed by atoms with Crippen LogP contribution < -0.4 is 0 Å². The number of allylic oxidation sites excluding steroid dienone is 1. The van der Waals surface area contributed by atoms with Gasteiger partial charge in [0.15, 0.2) is 5.78 Å². The maximum atomic E-state index is 12.0. The van der Waals surface area contributed by atoms with Crippen molar-refractivity contribution in [2.24, 2.45) is 0 Å². The Balaban J connectivity index is 2.51. The number of aryl methyl sites for hydroxylation is 1. The third-order valence-corrected chi connectivity index (χ3v) is 3.01. The van der Waals surface area contributed by atoms with Gasteiger partial charge in [-0.1, -0.05) is 24.3 Å². The smallest absolute Gasteiger partial charge is 0.169 e. The van der Waals surface area contributed by atoms with Crippen LogP contribution in [0, 0.1) is 6.92 Å². The van der Waals surface area contributed by atoms with Crippen molar-refractivity contribution in [3.8, 4) is 0 Å². The highest BCUT2D eigenvalue weighted by Crippen LogP contribution is 2.28. The van der Waals surface area contributed by atoms with E-state index in [0.29, 0.717) is 6.42 Å². The van der Waals surface area contributed by atoms with Gasteiger partial charge in [-0.2, -0.15) is 0 Å². The molecule has 0 amide bonds. The summed E-state index contributed by atoms with van der Waals surface area (Å²) in [6, 6.07) is 6.03. The maximum absolute atomic E-state index is 12.0. The van der Waals surface area contributed by atoms with Crippen molar-refractivity contribution < 1.29 is 4.79 Å². The van der Waals surface area contributed by atoms with Crippen LogP contribution in [-0.2, 0) is 0 Å². The molecule has 2 heteroatoms. The van der Waals surface area contributed by atoms with Crippen LogP contribution in [0.25, 0.3) is 16.8 Å². The lowest BCUT2D eigenvalue weighted by Crippen LogP contribution is -2.07. The summed E-state index contributed by atoms with van der Waals surface area (Å²) in [7, 11) is 0. The van der Waals surface area contributed by atoms with Gasteiger partial charge in [0.2, 0.25) is 0 Å². The van der Waals surface area contributed by atoms with Crippen LogP contribution in [-0.4, -0.2) is 10.8 Å². The predicted molar refractivity (Wildman–Crippen MR) is 64.5 cm³/mol. The average Bonchev–Trinajstić information content (AvgIpc) is 2.29. The molecule has 0 unspecified atom stereocenters. The Kier molecular flexibility index (Phi) is 1.90. The molecule has 0 saturated carbocycles. The van der Waals surface area contributed by atoms with E-state index in [0.717, 1.165) is 27.6 Å². The average molecular weight is 209 g/mol. The molecule has 1 aromatic carbocycles. The number of hydrogen-bond acceptors (Lipinski definition) is 2. The molecule has 0 atom stereocenters. The van der Waals surface area contributed by atoms with Crippen molar-refractivity contribution in [2.75, 3.05) is 0 Å². The number of benzene rings is 1. The molecule has 0 bridgehead atoms. The van der Waals surface area contributed by atoms with Gasteiger partial charge in [-0.3, -0.25) is 9.78 Å². The fourth-order valence-corrected chi connectivity index (χ4v) is 2.26. The Hall–Kier alpha value is -1.96. The predicted octanol–water partition coefficient (Wildman–Crippen LogP) is 3.14. The van der Waals surface area contributed by atoms with Gasteiger partial charge in [-0.05, 0) is 23.9 Å². The number of pyridine rings is 1. The summed E-state index contributed by atoms with van der Waals surface area (Å²) in [6.45, 7) is 2.04. The number of hydrogen-bond donors (Lipinski definition) is 0. The maximum Gasteiger partial charge on any atom is 0.169 e. The molecule has 0 radical (unpaired) electrons. The van der Waals surface area contributed by atoms with E-state index in [4.69, 9.17) is 0 Å². The first-order valence-corrected chi connectivity index (χ1v) is 5.35. The highest BCUT2D eigenvalue weighted by atomic mass is 16.1. The molecule has 1 aliphatic carbocycles. The first-order chi connectivity index (χ1) is 7.77. The number of carbonyl (C=O) groups excluding carboxylic acids is 1. The Morgan fingerprint density at radius 1 is 1.31 bits per heavy atom. The summed E-state index contributed by atoms with van der Waals surface area (Å²) in [6.07, 6.45) is 6.14. The number of Topliss-reactive ketones (excluding diaryl/α,β-unsaturated/α-hetero) is 1. The van der Waals surface area contributed by atoms with Crippen molar-refractivity contribution in [3.05, 3.63) is 47.3 Å². The van der Waals surface area contributed by atoms with Crippen LogP contribution in [0.15, 0.2) is 30.5 Å². The molecule has 0 spiro atoms. The quantitative estimate of drug-likeness (QED) is 0.667. The molecular formula is C14H11NO. The Labute approximate surface area is 93.6 Å². The van der Waals surface area contributed by atoms with E-state index in [1.54, 1.807) is 0 Å². The molecule has 16 heavy (non-hydrogen) atoms. The van der Waals surface area contributed by atoms with Gasteiger partial charge >= 0.3 is 0 Å². The first kappa shape index (κ1) is 9.28. The minimum atomic E-state index is 0.171. The summed E-state index contributed by atoms with van der Waals surface area (Å²) in [4.78, 5) is 16.3. The number of nitrogens with zero attached hydrogens (tertiary/aromatic N) is 1. The number of fused-ring (bicyclic) bond motifs is 3. The van der Waals surface area contributed by atoms with Gasteiger partial charge in [0.25, 0.3) is 0 Å². The second kappa shape index (κ2) is 3.27. The molecule has 0 saturated heterocycles. The number of carbonyl (C=O) groups is 1. The summed E-state index contributed by atoms with van der Waals surface area (Å²) in [5.74, 6) is 0.171. The van der Waals surface area contributed by atoms with E-state index in [2.05, 4.69) is 4.98 Å². The highest BCUT2D eigenvalue weighted by Gasteiger charge is 2.18. The van der Waals surface area contributed by atoms with Crippen molar-refractivity contribution in [2.45, 2.75) is 13.3 Å². The lowest BCUT2D eigenvalue weighted by molar-refractivity contribution is 0.0995. The zero-order valence-corrected chi connectivity index (χ0v) is 9.03. The second-order valence-electron chi connectivity index (χ2n) is 4.09. The van der Waals surface area contributed by atoms with Gasteiger partial charge in [0, 0.05) is 18.0 Å². The molecule has 78 valence electrons. The molecule has 2 aromatic rings. The largest absolute Gasteiger partial charge is 0.294 e. The van der Waals surface area contributed by atoms with Gasteiger partial charge < -0.3 is 0 Å². The minimum absolute atomic E-state index is 0.171. The summed E-state index contributed by atoms with van der Waals surface area (Å²) >= 11 is 0. The van der Waals surface area contributed by atoms with Gasteiger partial charge in [0.1, 0.15) is 0 Å². The topological polar surface area (TPSA) is 30.0 Å². The molecular weight excluding hydrogens is 198 g/mol. The standard InChI is InChI=1S/C14H11NO/c1-9-4-2-5-10-8-15-11-6-3-7-12(16)14(11)13(9)10/h2-6,8H,7H2,1H3. The van der Waals surface area contributed by atoms with Crippen LogP contribution in [0.4, 0.5) is 0 Å². The Morgan fingerprint density at radius 2 is 2.19 bits per heavy atom. The van der Waals surface area contributed by atoms with Gasteiger partial charge in [-0.15, -0.1) is 0 Å². The molecule has 1 heterocycles. The molecule has 1 aliphatic rings. The van der Waals surface area contributed by atoms with E-state index in [-0.39, 0.29) is 5.78 Å². The van der Waals surface area contributed by atoms with E-state index in [9.17, 15) is 4.79 Å². The number of aromatic nitrogens is 1. The lowest BCUT2D eigenvalue weighted by atomic mass is 9.93. The van der Waals surface area contributed by atoms with E-state index < -0.39 is 0 Å². The third kappa shape index (κ3) is 1.20. The van der Waals surface area contributed by atoms with Crippen molar-refractivity contribution >= 4 is 22.6 Å². The molecule has 1 aromatic heterocycles. The fraction of sp³-hybridized carbons (Fsp3) is 0.143. The normalized spacial score (nSPS) is 14.2. The molecule has 0 N–H and O–H groups in total. The van der Waals surface area contributed by atoms with Crippen molar-refractivity contribution in [1.82, 2.24) is 4.98 Å². The van der Waals surface area contributed by atoms with Crippen molar-refractivity contribution in [3.63, 3.8) is 0 Å². The van der Waals surface area contributed by atoms with Crippen LogP contribution >= 0.6 is 0 Å². The van der Waals surface area contributed by atoms with E-state index >= 15 is 0 Å². The van der Waals surface area contributed by atoms with E-state index in [1.165, 1.54) is 0 Å². The zero-order valence-electron chi connectivity index (χ0n) is 9.03. The van der Waals surface area contributed by atoms with Crippen LogP contribution in [0.3, 0.4) is 0 Å². The van der Waals surface area contributed by atoms with Gasteiger partial charge in [0.05, 0.1) is 11.3 Å². The van der Waals surface area contributed by atoms with Gasteiger partial charge in [-0.25, -0.2) is 0 Å². The lowest BCUT2D eigenvalue weighted by Gasteiger charge is -2.13. The van der Waals surface area contributed by atoms with Crippen molar-refractivity contribution in [1.29, 1.82) is 0 Å². The third-order valence-electron chi connectivity index (χ3n) is 3.01. The number of rotatable bonds is 0. The summed E-state index contributed by atoms with van der Waals surface area (Å²) in [5.41, 5.74) is 2.73. The zero-order chi connectivity index (χ0) is 11.1. The molecule has 0 aliphatic heterocycles. The monoisotopic (exact) mass is 209 g/mol. The van der Waals surface area contributed by atoms with E-state index in [1.807, 2.05) is 43.5 Å². The molecule has 3 rings (SSSR count). The van der Waals surface area contributed by atoms with Crippen LogP contribution in [0.1, 0.15) is 28.0 Å². The summed E-state index contributed by atoms with van der Waals surface area (Å²) in [5, 5.41) is 2.10. The Bertz CT molecular complexity index is 626. The minimum Gasteiger partial charge on any atom is -0.294 e. The SMILES string of the molecule is Cc1cccc2cnc3c(c12)C(=O)CC=C3. The second-order valence-corrected chi connectivity index (χ2v) is 4.09. The van der Waals surface area contributed by atoms with Crippen LogP contribution in [0.2, 0.25) is 0 Å². The Morgan fingerprint density at radius 3 is 3.06 bits per heavy atom. The molecule has 0 fully saturated rings. The van der Waals surface area contributed by atoms with Crippen LogP contribution in [0.5, 0.6) is 0 Å². The number of ketones is 1. The molecule has 2 nitrogen and oxygen atoms in total. The summed E-state index contributed by atoms with van der Waals surface area (Å²) < 4.78 is 0. The highest BCUT2D eigenvalue weighted by molar-refractivity contribution is 6.13. The first-order valence-electron chi connectivity index (χ1n) is 5.35.